The van der Waals surface area contributed by atoms with Gasteiger partial charge < -0.3 is 18.9 Å². The van der Waals surface area contributed by atoms with E-state index in [1.165, 1.54) is 41.7 Å². The lowest BCUT2D eigenvalue weighted by molar-refractivity contribution is 0.0721. The molecule has 8 nitrogen and oxygen atoms in total. The Kier molecular flexibility index (Phi) is 13.4. The van der Waals surface area contributed by atoms with Crippen molar-refractivity contribution in [2.45, 2.75) is 110 Å². The number of benzene rings is 6. The zero-order valence-electron chi connectivity index (χ0n) is 38.9. The molecule has 66 heavy (non-hydrogen) atoms. The van der Waals surface area contributed by atoms with Crippen LogP contribution in [0, 0.1) is 27.7 Å². The smallest absolute Gasteiger partial charge is 0.343 e. The van der Waals surface area contributed by atoms with Crippen LogP contribution in [0.3, 0.4) is 0 Å². The van der Waals surface area contributed by atoms with Gasteiger partial charge in [0, 0.05) is 16.4 Å². The number of carbonyl (C=O) groups excluding carboxylic acids is 4. The zero-order valence-corrected chi connectivity index (χ0v) is 38.9. The number of rotatable bonds is 12. The highest BCUT2D eigenvalue weighted by Crippen LogP contribution is 2.49. The van der Waals surface area contributed by atoms with Crippen LogP contribution >= 0.6 is 0 Å². The standard InChI is InChI=1S/C58H58O8/c1-37-32-46(63-6)20-24-50(37)57(28-9-7-10-29-57)51-26-22-48(34-39(51)3)65-55(61)44-14-13-15-45(36-44)56(62)66-49-23-27-53(40(4)35-49)58(30-11-8-12-31-58)52-25-21-47(33-38(52)2)64-54(60)43-18-16-42(17-19-43)41(5)59/h13-27,32-36H,7-12,28-31H2,1-6H3. The minimum Gasteiger partial charge on any atom is -0.497 e. The molecule has 8 rings (SSSR count). The summed E-state index contributed by atoms with van der Waals surface area (Å²) in [7, 11) is 1.69. The van der Waals surface area contributed by atoms with Crippen molar-refractivity contribution in [3.8, 4) is 23.0 Å². The molecule has 338 valence electrons. The number of esters is 3. The third kappa shape index (κ3) is 9.32. The first-order valence-electron chi connectivity index (χ1n) is 23.2. The molecule has 0 amide bonds. The number of hydrogen-bond donors (Lipinski definition) is 0. The van der Waals surface area contributed by atoms with Gasteiger partial charge in [-0.15, -0.1) is 0 Å². The Bertz CT molecular complexity index is 2800. The summed E-state index contributed by atoms with van der Waals surface area (Å²) in [6.45, 7) is 9.83. The predicted molar refractivity (Wildman–Crippen MR) is 257 cm³/mol. The summed E-state index contributed by atoms with van der Waals surface area (Å²) < 4.78 is 23.1. The SMILES string of the molecule is COc1ccc(C2(c3ccc(OC(=O)c4cccc(C(=O)Oc5ccc(C6(c7ccc(OC(=O)c8ccc(C(C)=O)cc8)cc7C)CCCCC6)c(C)c5)c4)cc3C)CCCCC2)c(C)c1. The van der Waals surface area contributed by atoms with Gasteiger partial charge in [-0.05, 0) is 184 Å². The topological polar surface area (TPSA) is 105 Å². The number of ketones is 1. The van der Waals surface area contributed by atoms with E-state index >= 15 is 0 Å². The number of carbonyl (C=O) groups is 4. The van der Waals surface area contributed by atoms with Gasteiger partial charge in [0.2, 0.25) is 0 Å². The van der Waals surface area contributed by atoms with Gasteiger partial charge in [0.25, 0.3) is 0 Å². The molecule has 2 aliphatic carbocycles. The monoisotopic (exact) mass is 882 g/mol. The Morgan fingerprint density at radius 1 is 0.394 bits per heavy atom. The zero-order chi connectivity index (χ0) is 46.6. The molecule has 0 N–H and O–H groups in total. The number of ether oxygens (including phenoxy) is 4. The predicted octanol–water partition coefficient (Wildman–Crippen LogP) is 13.3. The first kappa shape index (κ1) is 45.8. The third-order valence-corrected chi connectivity index (χ3v) is 14.0. The van der Waals surface area contributed by atoms with Crippen molar-refractivity contribution in [2.24, 2.45) is 0 Å². The molecule has 0 radical (unpaired) electrons. The van der Waals surface area contributed by atoms with Gasteiger partial charge in [-0.2, -0.15) is 0 Å². The first-order chi connectivity index (χ1) is 31.8. The van der Waals surface area contributed by atoms with Gasteiger partial charge in [-0.25, -0.2) is 14.4 Å². The summed E-state index contributed by atoms with van der Waals surface area (Å²) in [6.07, 6.45) is 10.8. The van der Waals surface area contributed by atoms with Crippen molar-refractivity contribution in [1.29, 1.82) is 0 Å². The number of aryl methyl sites for hydroxylation is 4. The van der Waals surface area contributed by atoms with Crippen LogP contribution in [-0.4, -0.2) is 30.8 Å². The van der Waals surface area contributed by atoms with Gasteiger partial charge in [-0.3, -0.25) is 4.79 Å². The molecule has 0 atom stereocenters. The maximum Gasteiger partial charge on any atom is 0.343 e. The molecule has 2 fully saturated rings. The van der Waals surface area contributed by atoms with Crippen LogP contribution in [0.2, 0.25) is 0 Å². The Hall–Kier alpha value is -6.80. The van der Waals surface area contributed by atoms with E-state index in [1.807, 2.05) is 49.4 Å². The van der Waals surface area contributed by atoms with E-state index in [0.29, 0.717) is 28.4 Å². The fourth-order valence-electron chi connectivity index (χ4n) is 10.8. The third-order valence-electron chi connectivity index (χ3n) is 14.0. The Morgan fingerprint density at radius 3 is 1.08 bits per heavy atom. The van der Waals surface area contributed by atoms with Crippen LogP contribution in [-0.2, 0) is 10.8 Å². The molecule has 0 heterocycles. The van der Waals surface area contributed by atoms with E-state index in [-0.39, 0.29) is 27.7 Å². The van der Waals surface area contributed by atoms with Crippen molar-refractivity contribution in [3.05, 3.63) is 188 Å². The summed E-state index contributed by atoms with van der Waals surface area (Å²) in [5, 5.41) is 0. The van der Waals surface area contributed by atoms with Gasteiger partial charge in [-0.1, -0.05) is 81.0 Å². The van der Waals surface area contributed by atoms with E-state index in [0.717, 1.165) is 85.8 Å². The molecule has 6 aromatic rings. The molecule has 0 unspecified atom stereocenters. The molecule has 0 saturated heterocycles. The normalized spacial score (nSPS) is 15.3. The maximum absolute atomic E-state index is 13.6. The van der Waals surface area contributed by atoms with E-state index in [9.17, 15) is 19.2 Å². The fourth-order valence-corrected chi connectivity index (χ4v) is 10.8. The summed E-state index contributed by atoms with van der Waals surface area (Å²) >= 11 is 0. The second kappa shape index (κ2) is 19.4. The van der Waals surface area contributed by atoms with E-state index in [2.05, 4.69) is 51.1 Å². The minimum absolute atomic E-state index is 0.0669. The Labute approximate surface area is 388 Å². The maximum atomic E-state index is 13.6. The van der Waals surface area contributed by atoms with Crippen LogP contribution < -0.4 is 18.9 Å². The highest BCUT2D eigenvalue weighted by Gasteiger charge is 2.39. The molecule has 2 aliphatic rings. The van der Waals surface area contributed by atoms with Crippen molar-refractivity contribution in [3.63, 3.8) is 0 Å². The van der Waals surface area contributed by atoms with E-state index in [4.69, 9.17) is 18.9 Å². The summed E-state index contributed by atoms with van der Waals surface area (Å²) in [5.74, 6) is 0.462. The molecular formula is C58H58O8. The minimum atomic E-state index is -0.577. The van der Waals surface area contributed by atoms with E-state index < -0.39 is 17.9 Å². The second-order valence-electron chi connectivity index (χ2n) is 18.3. The number of hydrogen-bond acceptors (Lipinski definition) is 8. The van der Waals surface area contributed by atoms with Crippen LogP contribution in [0.15, 0.2) is 121 Å². The summed E-state index contributed by atoms with van der Waals surface area (Å²) in [4.78, 5) is 51.9. The lowest BCUT2D eigenvalue weighted by atomic mass is 9.63. The Morgan fingerprint density at radius 2 is 0.727 bits per heavy atom. The average molecular weight is 883 g/mol. The van der Waals surface area contributed by atoms with Crippen molar-refractivity contribution >= 4 is 23.7 Å². The summed E-state index contributed by atoms with van der Waals surface area (Å²) in [6, 6.07) is 36.9. The van der Waals surface area contributed by atoms with Crippen LogP contribution in [0.5, 0.6) is 23.0 Å². The summed E-state index contributed by atoms with van der Waals surface area (Å²) in [5.41, 5.74) is 10.2. The molecule has 0 spiro atoms. The molecule has 0 aliphatic heterocycles. The number of methoxy groups -OCH3 is 1. The lowest BCUT2D eigenvalue weighted by Crippen LogP contribution is -2.32. The largest absolute Gasteiger partial charge is 0.497 e. The van der Waals surface area contributed by atoms with Crippen LogP contribution in [0.25, 0.3) is 0 Å². The van der Waals surface area contributed by atoms with Gasteiger partial charge >= 0.3 is 17.9 Å². The van der Waals surface area contributed by atoms with Crippen molar-refractivity contribution < 1.29 is 38.1 Å². The fraction of sp³-hybridized carbons (Fsp3) is 0.310. The number of Topliss-reactive ketones (excluding diaryl/α,β-unsaturated/α-hetero) is 1. The van der Waals surface area contributed by atoms with Crippen LogP contribution in [0.4, 0.5) is 0 Å². The highest BCUT2D eigenvalue weighted by atomic mass is 16.5. The van der Waals surface area contributed by atoms with Gasteiger partial charge in [0.1, 0.15) is 23.0 Å². The van der Waals surface area contributed by atoms with E-state index in [1.54, 1.807) is 49.6 Å². The quantitative estimate of drug-likeness (QED) is 0.0680. The lowest BCUT2D eigenvalue weighted by Gasteiger charge is -2.40. The Balaban J connectivity index is 0.958. The second-order valence-corrected chi connectivity index (χ2v) is 18.3. The van der Waals surface area contributed by atoms with Gasteiger partial charge in [0.15, 0.2) is 5.78 Å². The van der Waals surface area contributed by atoms with Gasteiger partial charge in [0.05, 0.1) is 23.8 Å². The highest BCUT2D eigenvalue weighted by molar-refractivity contribution is 5.97. The first-order valence-corrected chi connectivity index (χ1v) is 23.2. The van der Waals surface area contributed by atoms with Crippen molar-refractivity contribution in [1.82, 2.24) is 0 Å². The molecule has 8 heteroatoms. The molecular weight excluding hydrogens is 825 g/mol. The molecule has 2 saturated carbocycles. The molecule has 0 bridgehead atoms. The molecule has 0 aromatic heterocycles. The van der Waals surface area contributed by atoms with Crippen LogP contribution in [0.1, 0.15) is 157 Å². The van der Waals surface area contributed by atoms with Crippen molar-refractivity contribution in [2.75, 3.05) is 7.11 Å². The molecule has 6 aromatic carbocycles. The average Bonchev–Trinajstić information content (AvgIpc) is 3.32.